The van der Waals surface area contributed by atoms with Crippen LogP contribution in [0.4, 0.5) is 5.69 Å². The van der Waals surface area contributed by atoms with Gasteiger partial charge in [-0.2, -0.15) is 0 Å². The number of carboxylic acids is 1. The molecule has 176 valence electrons. The molecule has 0 aliphatic heterocycles. The first-order chi connectivity index (χ1) is 16.7. The highest BCUT2D eigenvalue weighted by Crippen LogP contribution is 2.30. The number of nitrogens with one attached hydrogen (secondary N) is 2. The van der Waals surface area contributed by atoms with Gasteiger partial charge in [0.05, 0.1) is 28.3 Å². The minimum Gasteiger partial charge on any atom is -0.476 e. The number of fused-ring (bicyclic) bond motifs is 2. The topological polar surface area (TPSA) is 113 Å². The Morgan fingerprint density at radius 1 is 1.14 bits per heavy atom. The lowest BCUT2D eigenvalue weighted by atomic mass is 10.0. The maximum Gasteiger partial charge on any atom is 0.356 e. The molecule has 35 heavy (non-hydrogen) atoms. The van der Waals surface area contributed by atoms with Crippen LogP contribution in [-0.4, -0.2) is 30.6 Å². The summed E-state index contributed by atoms with van der Waals surface area (Å²) in [6.07, 6.45) is 0. The van der Waals surface area contributed by atoms with Crippen molar-refractivity contribution < 1.29 is 9.90 Å². The Morgan fingerprint density at radius 2 is 1.91 bits per heavy atom. The summed E-state index contributed by atoms with van der Waals surface area (Å²) in [7, 11) is 1.71. The van der Waals surface area contributed by atoms with Gasteiger partial charge in [0.25, 0.3) is 5.56 Å². The van der Waals surface area contributed by atoms with E-state index in [0.717, 1.165) is 27.7 Å². The van der Waals surface area contributed by atoms with Gasteiger partial charge in [-0.05, 0) is 49.7 Å². The van der Waals surface area contributed by atoms with Crippen LogP contribution in [0.1, 0.15) is 34.6 Å². The molecule has 3 aromatic heterocycles. The van der Waals surface area contributed by atoms with E-state index < -0.39 is 5.97 Å². The van der Waals surface area contributed by atoms with Gasteiger partial charge in [-0.1, -0.05) is 35.9 Å². The number of hydrogen-bond acceptors (Lipinski definition) is 5. The summed E-state index contributed by atoms with van der Waals surface area (Å²) in [5.74, 6) is -0.681. The van der Waals surface area contributed by atoms with Gasteiger partial charge < -0.3 is 15.4 Å². The van der Waals surface area contributed by atoms with E-state index in [0.29, 0.717) is 22.4 Å². The van der Waals surface area contributed by atoms with Gasteiger partial charge in [0.15, 0.2) is 11.5 Å². The number of anilines is 1. The van der Waals surface area contributed by atoms with Crippen molar-refractivity contribution in [2.24, 2.45) is 7.05 Å². The molecule has 2 aromatic carbocycles. The summed E-state index contributed by atoms with van der Waals surface area (Å²) in [4.78, 5) is 37.3. The first-order valence-corrected chi connectivity index (χ1v) is 11.4. The number of aromatic carboxylic acids is 1. The van der Waals surface area contributed by atoms with Crippen molar-refractivity contribution in [1.82, 2.24) is 19.5 Å². The summed E-state index contributed by atoms with van der Waals surface area (Å²) in [6, 6.07) is 16.3. The van der Waals surface area contributed by atoms with E-state index in [-0.39, 0.29) is 22.4 Å². The summed E-state index contributed by atoms with van der Waals surface area (Å²) >= 11 is 5.90. The number of carbonyl (C=O) groups is 1. The highest BCUT2D eigenvalue weighted by atomic mass is 35.5. The van der Waals surface area contributed by atoms with Gasteiger partial charge in [-0.25, -0.2) is 14.8 Å². The van der Waals surface area contributed by atoms with Crippen molar-refractivity contribution in [1.29, 1.82) is 0 Å². The molecule has 0 fully saturated rings. The number of hydrogen-bond donors (Lipinski definition) is 3. The maximum absolute atomic E-state index is 13.4. The van der Waals surface area contributed by atoms with Gasteiger partial charge in [-0.15, -0.1) is 0 Å². The number of rotatable bonds is 5. The Balaban J connectivity index is 1.67. The van der Waals surface area contributed by atoms with Gasteiger partial charge in [-0.3, -0.25) is 9.36 Å². The number of benzene rings is 2. The first kappa shape index (κ1) is 22.6. The maximum atomic E-state index is 13.4. The molecule has 3 heterocycles. The minimum atomic E-state index is -1.19. The third kappa shape index (κ3) is 4.02. The zero-order valence-electron chi connectivity index (χ0n) is 19.3. The molecule has 5 rings (SSSR count). The van der Waals surface area contributed by atoms with Crippen molar-refractivity contribution in [3.8, 4) is 11.5 Å². The minimum absolute atomic E-state index is 0.0924. The van der Waals surface area contributed by atoms with Gasteiger partial charge in [0, 0.05) is 23.5 Å². The van der Waals surface area contributed by atoms with Crippen molar-refractivity contribution >= 4 is 45.1 Å². The van der Waals surface area contributed by atoms with Crippen LogP contribution in [0.5, 0.6) is 0 Å². The number of nitrogens with zero attached hydrogens (tertiary/aromatic N) is 3. The number of carboxylic acid groups (broad SMARTS) is 1. The van der Waals surface area contributed by atoms with Crippen molar-refractivity contribution in [3.05, 3.63) is 86.9 Å². The summed E-state index contributed by atoms with van der Waals surface area (Å²) in [5, 5.41) is 14.4. The lowest BCUT2D eigenvalue weighted by molar-refractivity contribution is 0.0691. The molecule has 9 heteroatoms. The highest BCUT2D eigenvalue weighted by molar-refractivity contribution is 6.29. The second kappa shape index (κ2) is 8.56. The lowest BCUT2D eigenvalue weighted by Crippen LogP contribution is -2.22. The fraction of sp³-hybridized carbons (Fsp3) is 0.154. The fourth-order valence-corrected chi connectivity index (χ4v) is 4.49. The molecule has 0 spiro atoms. The molecule has 0 radical (unpaired) electrons. The summed E-state index contributed by atoms with van der Waals surface area (Å²) in [6.45, 7) is 3.80. The average Bonchev–Trinajstić information content (AvgIpc) is 3.26. The Kier molecular flexibility index (Phi) is 5.53. The van der Waals surface area contributed by atoms with E-state index in [1.807, 2.05) is 56.3 Å². The van der Waals surface area contributed by atoms with E-state index in [4.69, 9.17) is 16.6 Å². The van der Waals surface area contributed by atoms with Crippen molar-refractivity contribution in [3.63, 3.8) is 0 Å². The predicted octanol–water partition coefficient (Wildman–Crippen LogP) is 5.31. The SMILES string of the molecule is Cc1cc(C(C)Nc2ccc(Cl)nc2C(=O)O)c2nc(-c3cc4ccccc4[nH]3)n(C)c(=O)c2c1. The zero-order chi connectivity index (χ0) is 24.9. The lowest BCUT2D eigenvalue weighted by Gasteiger charge is -2.20. The van der Waals surface area contributed by atoms with E-state index in [9.17, 15) is 14.7 Å². The number of pyridine rings is 1. The molecule has 0 bridgehead atoms. The van der Waals surface area contributed by atoms with Crippen molar-refractivity contribution in [2.45, 2.75) is 19.9 Å². The molecule has 0 saturated heterocycles. The second-order valence-corrected chi connectivity index (χ2v) is 8.91. The smallest absolute Gasteiger partial charge is 0.356 e. The Bertz CT molecular complexity index is 1660. The molecule has 1 atom stereocenters. The number of aryl methyl sites for hydroxylation is 1. The molecule has 0 aliphatic carbocycles. The third-order valence-electron chi connectivity index (χ3n) is 6.03. The Hall–Kier alpha value is -4.17. The standard InChI is InChI=1S/C26H22ClN5O3/c1-13-10-16(14(2)28-19-8-9-21(27)30-23(19)26(34)35)22-17(11-13)25(33)32(3)24(31-22)20-12-15-6-4-5-7-18(15)29-20/h4-12,14,28-29H,1-3H3,(H,34,35). The number of halogens is 1. The Labute approximate surface area is 205 Å². The van der Waals surface area contributed by atoms with Crippen LogP contribution in [-0.2, 0) is 7.05 Å². The molecule has 0 amide bonds. The number of para-hydroxylation sites is 1. The fourth-order valence-electron chi connectivity index (χ4n) is 4.34. The molecule has 0 aliphatic rings. The third-order valence-corrected chi connectivity index (χ3v) is 6.24. The van der Waals surface area contributed by atoms with Crippen LogP contribution in [0, 0.1) is 6.92 Å². The quantitative estimate of drug-likeness (QED) is 0.289. The normalized spacial score (nSPS) is 12.2. The van der Waals surface area contributed by atoms with Crippen LogP contribution < -0.4 is 10.9 Å². The molecule has 0 saturated carbocycles. The first-order valence-electron chi connectivity index (χ1n) is 11.0. The van der Waals surface area contributed by atoms with Crippen molar-refractivity contribution in [2.75, 3.05) is 5.32 Å². The molecular weight excluding hydrogens is 466 g/mol. The molecule has 1 unspecified atom stereocenters. The summed E-state index contributed by atoms with van der Waals surface area (Å²) in [5.41, 5.74) is 3.87. The van der Waals surface area contributed by atoms with Crippen LogP contribution in [0.25, 0.3) is 33.3 Å². The number of H-pyrrole nitrogens is 1. The number of aromatic nitrogens is 4. The average molecular weight is 488 g/mol. The number of aromatic amines is 1. The predicted molar refractivity (Wildman–Crippen MR) is 137 cm³/mol. The van der Waals surface area contributed by atoms with Gasteiger partial charge >= 0.3 is 5.97 Å². The van der Waals surface area contributed by atoms with E-state index in [2.05, 4.69) is 15.3 Å². The van der Waals surface area contributed by atoms with Gasteiger partial charge in [0.2, 0.25) is 0 Å². The molecule has 3 N–H and O–H groups in total. The molecule has 8 nitrogen and oxygen atoms in total. The Morgan fingerprint density at radius 3 is 2.66 bits per heavy atom. The largest absolute Gasteiger partial charge is 0.476 e. The zero-order valence-corrected chi connectivity index (χ0v) is 20.0. The van der Waals surface area contributed by atoms with Crippen LogP contribution in [0.3, 0.4) is 0 Å². The van der Waals surface area contributed by atoms with E-state index in [1.54, 1.807) is 17.7 Å². The van der Waals surface area contributed by atoms with Crippen LogP contribution >= 0.6 is 11.6 Å². The monoisotopic (exact) mass is 487 g/mol. The summed E-state index contributed by atoms with van der Waals surface area (Å²) < 4.78 is 1.54. The second-order valence-electron chi connectivity index (χ2n) is 8.52. The highest BCUT2D eigenvalue weighted by Gasteiger charge is 2.20. The van der Waals surface area contributed by atoms with Crippen LogP contribution in [0.2, 0.25) is 5.15 Å². The molecule has 5 aromatic rings. The van der Waals surface area contributed by atoms with Gasteiger partial charge in [0.1, 0.15) is 5.15 Å². The van der Waals surface area contributed by atoms with E-state index >= 15 is 0 Å². The molecular formula is C26H22ClN5O3. The van der Waals surface area contributed by atoms with Crippen LogP contribution in [0.15, 0.2) is 59.4 Å². The van der Waals surface area contributed by atoms with E-state index in [1.165, 1.54) is 6.07 Å².